The summed E-state index contributed by atoms with van der Waals surface area (Å²) in [4.78, 5) is 24.2. The van der Waals surface area contributed by atoms with Crippen LogP contribution in [-0.4, -0.2) is 31.7 Å². The Morgan fingerprint density at radius 2 is 1.46 bits per heavy atom. The van der Waals surface area contributed by atoms with Gasteiger partial charge in [0.1, 0.15) is 5.75 Å². The molecular formula is C19H32N2O4S. The zero-order valence-corrected chi connectivity index (χ0v) is 16.6. The van der Waals surface area contributed by atoms with Crippen LogP contribution in [0, 0.1) is 23.2 Å². The van der Waals surface area contributed by atoms with Crippen molar-refractivity contribution in [3.8, 4) is 0 Å². The maximum Gasteiger partial charge on any atom is 0.253 e. The Balaban J connectivity index is 1.42. The van der Waals surface area contributed by atoms with E-state index in [9.17, 15) is 18.0 Å². The van der Waals surface area contributed by atoms with Crippen LogP contribution in [0.4, 0.5) is 0 Å². The molecular weight excluding hydrogens is 352 g/mol. The number of hydrogen-bond donors (Lipinski definition) is 2. The van der Waals surface area contributed by atoms with Crippen LogP contribution in [0.3, 0.4) is 0 Å². The van der Waals surface area contributed by atoms with Crippen LogP contribution in [0.1, 0.15) is 71.1 Å². The first kappa shape index (κ1) is 19.6. The van der Waals surface area contributed by atoms with Gasteiger partial charge in [0.2, 0.25) is 5.91 Å². The van der Waals surface area contributed by atoms with E-state index in [0.717, 1.165) is 49.9 Å². The van der Waals surface area contributed by atoms with E-state index < -0.39 is 21.5 Å². The third-order valence-corrected chi connectivity index (χ3v) is 8.06. The molecule has 148 valence electrons. The third-order valence-electron chi connectivity index (χ3n) is 6.45. The molecule has 0 radical (unpaired) electrons. The lowest BCUT2D eigenvalue weighted by Gasteiger charge is -2.56. The molecule has 0 heterocycles. The maximum absolute atomic E-state index is 12.3. The predicted molar refractivity (Wildman–Crippen MR) is 99.7 cm³/mol. The lowest BCUT2D eigenvalue weighted by molar-refractivity contribution is -0.133. The minimum atomic E-state index is -3.41. The molecule has 0 aromatic heterocycles. The van der Waals surface area contributed by atoms with E-state index in [0.29, 0.717) is 12.8 Å². The number of sulfone groups is 1. The van der Waals surface area contributed by atoms with Crippen LogP contribution >= 0.6 is 0 Å². The van der Waals surface area contributed by atoms with Crippen molar-refractivity contribution in [1.29, 1.82) is 0 Å². The predicted octanol–water partition coefficient (Wildman–Crippen LogP) is 2.35. The highest BCUT2D eigenvalue weighted by atomic mass is 32.2. The van der Waals surface area contributed by atoms with E-state index in [2.05, 4.69) is 10.9 Å². The van der Waals surface area contributed by atoms with Gasteiger partial charge in [-0.3, -0.25) is 20.4 Å². The van der Waals surface area contributed by atoms with Gasteiger partial charge >= 0.3 is 0 Å². The number of nitrogens with one attached hydrogen (secondary N) is 2. The summed E-state index contributed by atoms with van der Waals surface area (Å²) >= 11 is 0. The van der Waals surface area contributed by atoms with Gasteiger partial charge in [0.05, 0.1) is 5.75 Å². The van der Waals surface area contributed by atoms with Gasteiger partial charge in [-0.25, -0.2) is 8.42 Å². The van der Waals surface area contributed by atoms with Gasteiger partial charge in [0.25, 0.3) is 5.91 Å². The lowest BCUT2D eigenvalue weighted by atomic mass is 9.49. The molecule has 2 N–H and O–H groups in total. The van der Waals surface area contributed by atoms with Gasteiger partial charge in [-0.2, -0.15) is 0 Å². The second-order valence-corrected chi connectivity index (χ2v) is 11.2. The standard InChI is InChI=1S/C19H32N2O4S/c1-2-3-4-5-26(24,25)13-18(23)21-20-17(22)12-19-9-14-6-15(10-19)8-16(7-14)11-19/h14-16H,2-13H2,1H3,(H,20,22)(H,21,23). The van der Waals surface area contributed by atoms with Crippen molar-refractivity contribution in [2.75, 3.05) is 11.5 Å². The number of amides is 2. The van der Waals surface area contributed by atoms with E-state index in [-0.39, 0.29) is 17.1 Å². The molecule has 26 heavy (non-hydrogen) atoms. The molecule has 7 heteroatoms. The Morgan fingerprint density at radius 3 is 2.00 bits per heavy atom. The van der Waals surface area contributed by atoms with Gasteiger partial charge in [0.15, 0.2) is 9.84 Å². The summed E-state index contributed by atoms with van der Waals surface area (Å²) in [6.45, 7) is 2.00. The molecule has 0 aromatic rings. The van der Waals surface area contributed by atoms with Crippen molar-refractivity contribution < 1.29 is 18.0 Å². The molecule has 0 aromatic carbocycles. The van der Waals surface area contributed by atoms with E-state index >= 15 is 0 Å². The molecule has 0 aliphatic heterocycles. The zero-order valence-electron chi connectivity index (χ0n) is 15.8. The highest BCUT2D eigenvalue weighted by molar-refractivity contribution is 7.92. The second-order valence-electron chi connectivity index (χ2n) is 8.99. The molecule has 0 spiro atoms. The summed E-state index contributed by atoms with van der Waals surface area (Å²) in [5.74, 6) is 0.943. The number of hydrogen-bond acceptors (Lipinski definition) is 4. The second kappa shape index (κ2) is 7.87. The summed E-state index contributed by atoms with van der Waals surface area (Å²) in [5.41, 5.74) is 4.85. The number of unbranched alkanes of at least 4 members (excludes halogenated alkanes) is 2. The van der Waals surface area contributed by atoms with Crippen LogP contribution in [0.25, 0.3) is 0 Å². The Bertz CT molecular complexity index is 609. The van der Waals surface area contributed by atoms with Crippen LogP contribution in [-0.2, 0) is 19.4 Å². The van der Waals surface area contributed by atoms with Crippen molar-refractivity contribution in [2.24, 2.45) is 23.2 Å². The average Bonchev–Trinajstić information content (AvgIpc) is 2.51. The highest BCUT2D eigenvalue weighted by Gasteiger charge is 2.51. The summed E-state index contributed by atoms with van der Waals surface area (Å²) in [6.07, 6.45) is 10.2. The van der Waals surface area contributed by atoms with Crippen molar-refractivity contribution >= 4 is 21.7 Å². The van der Waals surface area contributed by atoms with Gasteiger partial charge in [-0.15, -0.1) is 0 Å². The SMILES string of the molecule is CCCCCS(=O)(=O)CC(=O)NNC(=O)CC12CC3CC(CC(C3)C1)C2. The minimum Gasteiger partial charge on any atom is -0.273 e. The normalized spacial score (nSPS) is 32.4. The van der Waals surface area contributed by atoms with Gasteiger partial charge in [-0.1, -0.05) is 19.8 Å². The van der Waals surface area contributed by atoms with Crippen molar-refractivity contribution in [3.05, 3.63) is 0 Å². The van der Waals surface area contributed by atoms with Gasteiger partial charge < -0.3 is 0 Å². The summed E-state index contributed by atoms with van der Waals surface area (Å²) < 4.78 is 23.8. The van der Waals surface area contributed by atoms with Crippen molar-refractivity contribution in [2.45, 2.75) is 71.1 Å². The first-order chi connectivity index (χ1) is 12.3. The summed E-state index contributed by atoms with van der Waals surface area (Å²) in [5, 5.41) is 0. The quantitative estimate of drug-likeness (QED) is 0.496. The Labute approximate surface area is 156 Å². The van der Waals surface area contributed by atoms with E-state index in [1.165, 1.54) is 19.3 Å². The fourth-order valence-corrected chi connectivity index (χ4v) is 7.17. The van der Waals surface area contributed by atoms with Crippen LogP contribution in [0.2, 0.25) is 0 Å². The van der Waals surface area contributed by atoms with E-state index in [1.54, 1.807) is 0 Å². The molecule has 0 unspecified atom stereocenters. The largest absolute Gasteiger partial charge is 0.273 e. The van der Waals surface area contributed by atoms with Crippen LogP contribution < -0.4 is 10.9 Å². The Kier molecular flexibility index (Phi) is 5.94. The number of rotatable bonds is 8. The van der Waals surface area contributed by atoms with Crippen LogP contribution in [0.15, 0.2) is 0 Å². The molecule has 4 rings (SSSR count). The summed E-state index contributed by atoms with van der Waals surface area (Å²) in [7, 11) is -3.41. The number of carbonyl (C=O) groups is 2. The molecule has 4 fully saturated rings. The molecule has 4 saturated carbocycles. The topological polar surface area (TPSA) is 92.3 Å². The van der Waals surface area contributed by atoms with Crippen molar-refractivity contribution in [3.63, 3.8) is 0 Å². The summed E-state index contributed by atoms with van der Waals surface area (Å²) in [6, 6.07) is 0. The molecule has 4 aliphatic rings. The molecule has 6 nitrogen and oxygen atoms in total. The molecule has 0 atom stereocenters. The Morgan fingerprint density at radius 1 is 0.923 bits per heavy atom. The molecule has 4 aliphatic carbocycles. The zero-order chi connectivity index (χ0) is 18.8. The van der Waals surface area contributed by atoms with Crippen molar-refractivity contribution in [1.82, 2.24) is 10.9 Å². The fraction of sp³-hybridized carbons (Fsp3) is 0.895. The Hall–Kier alpha value is -1.11. The first-order valence-electron chi connectivity index (χ1n) is 10.1. The lowest BCUT2D eigenvalue weighted by Crippen LogP contribution is -2.50. The van der Waals surface area contributed by atoms with Gasteiger partial charge in [-0.05, 0) is 68.1 Å². The van der Waals surface area contributed by atoms with E-state index in [4.69, 9.17) is 0 Å². The third kappa shape index (κ3) is 4.99. The van der Waals surface area contributed by atoms with Crippen LogP contribution in [0.5, 0.6) is 0 Å². The van der Waals surface area contributed by atoms with E-state index in [1.807, 2.05) is 6.92 Å². The minimum absolute atomic E-state index is 0.0233. The first-order valence-corrected chi connectivity index (χ1v) is 11.9. The fourth-order valence-electron chi connectivity index (χ4n) is 5.91. The maximum atomic E-state index is 12.3. The average molecular weight is 385 g/mol. The monoisotopic (exact) mass is 384 g/mol. The number of hydrazine groups is 1. The van der Waals surface area contributed by atoms with Gasteiger partial charge in [0, 0.05) is 6.42 Å². The highest BCUT2D eigenvalue weighted by Crippen LogP contribution is 2.61. The molecule has 4 bridgehead atoms. The molecule has 2 amide bonds. The molecule has 0 saturated heterocycles. The smallest absolute Gasteiger partial charge is 0.253 e. The number of carbonyl (C=O) groups excluding carboxylic acids is 2.